The minimum Gasteiger partial charge on any atom is -0.481 e. The van der Waals surface area contributed by atoms with Gasteiger partial charge >= 0.3 is 5.97 Å². The Balaban J connectivity index is 1.50. The Morgan fingerprint density at radius 3 is 2.64 bits per heavy atom. The van der Waals surface area contributed by atoms with Crippen LogP contribution in [0.4, 0.5) is 0 Å². The summed E-state index contributed by atoms with van der Waals surface area (Å²) in [5, 5.41) is 9.31. The molecule has 146 valence electrons. The molecule has 1 atom stereocenters. The number of piperidine rings is 1. The third-order valence-corrected chi connectivity index (χ3v) is 6.19. The number of carbonyl (C=O) groups is 1. The van der Waals surface area contributed by atoms with Crippen molar-refractivity contribution in [2.24, 2.45) is 5.92 Å². The molecule has 3 nitrogen and oxygen atoms in total. The zero-order valence-corrected chi connectivity index (χ0v) is 16.4. The number of rotatable bonds is 5. The molecule has 0 spiro atoms. The van der Waals surface area contributed by atoms with Gasteiger partial charge in [0, 0.05) is 6.54 Å². The van der Waals surface area contributed by atoms with E-state index in [0.717, 1.165) is 51.6 Å². The topological polar surface area (TPSA) is 40.5 Å². The third-order valence-electron chi connectivity index (χ3n) is 6.19. The second kappa shape index (κ2) is 8.74. The first-order valence-electron chi connectivity index (χ1n) is 10.5. The van der Waals surface area contributed by atoms with Crippen molar-refractivity contribution in [1.82, 2.24) is 4.90 Å². The third kappa shape index (κ3) is 4.36. The fourth-order valence-electron chi connectivity index (χ4n) is 4.65. The van der Waals surface area contributed by atoms with Gasteiger partial charge in [0.15, 0.2) is 0 Å². The van der Waals surface area contributed by atoms with E-state index in [2.05, 4.69) is 59.5 Å². The van der Waals surface area contributed by atoms with Crippen molar-refractivity contribution in [3.05, 3.63) is 70.8 Å². The highest BCUT2D eigenvalue weighted by molar-refractivity contribution is 5.84. The highest BCUT2D eigenvalue weighted by atomic mass is 16.4. The van der Waals surface area contributed by atoms with Crippen LogP contribution in [0.5, 0.6) is 0 Å². The van der Waals surface area contributed by atoms with Crippen molar-refractivity contribution < 1.29 is 9.90 Å². The molecule has 4 rings (SSSR count). The fraction of sp³-hybridized carbons (Fsp3) is 0.400. The second-order valence-corrected chi connectivity index (χ2v) is 8.11. The lowest BCUT2D eigenvalue weighted by Crippen LogP contribution is -2.39. The molecular formula is C25H29NO2. The molecule has 1 heterocycles. The van der Waals surface area contributed by atoms with Crippen molar-refractivity contribution in [2.75, 3.05) is 19.6 Å². The zero-order chi connectivity index (χ0) is 19.3. The summed E-state index contributed by atoms with van der Waals surface area (Å²) in [6.07, 6.45) is 8.45. The van der Waals surface area contributed by atoms with Gasteiger partial charge in [-0.25, -0.2) is 0 Å². The Morgan fingerprint density at radius 1 is 1.04 bits per heavy atom. The predicted octanol–water partition coefficient (Wildman–Crippen LogP) is 4.90. The van der Waals surface area contributed by atoms with Gasteiger partial charge < -0.3 is 10.0 Å². The van der Waals surface area contributed by atoms with E-state index >= 15 is 0 Å². The molecule has 0 saturated carbocycles. The fourth-order valence-corrected chi connectivity index (χ4v) is 4.65. The van der Waals surface area contributed by atoms with Crippen LogP contribution in [0.2, 0.25) is 0 Å². The van der Waals surface area contributed by atoms with Crippen LogP contribution in [-0.2, 0) is 17.6 Å². The standard InChI is InChI=1S/C25H29NO2/c27-25(28)23-11-6-16-26(18-23)15-5-10-22-17-21-9-2-1-7-19(21)13-14-20-8-3-4-12-24(20)22/h1-4,7-9,12,17,23H,5-6,10-11,13-16,18H2,(H,27,28)/b22-17-/t23-/m1/s1. The van der Waals surface area contributed by atoms with Gasteiger partial charge in [-0.15, -0.1) is 0 Å². The number of allylic oxidation sites excluding steroid dienone is 1. The Labute approximate surface area is 167 Å². The molecule has 0 radical (unpaired) electrons. The molecular weight excluding hydrogens is 346 g/mol. The summed E-state index contributed by atoms with van der Waals surface area (Å²) < 4.78 is 0. The molecule has 28 heavy (non-hydrogen) atoms. The average Bonchev–Trinajstić information content (AvgIpc) is 2.71. The Bertz CT molecular complexity index is 870. The number of likely N-dealkylation sites (tertiary alicyclic amines) is 1. The molecule has 0 unspecified atom stereocenters. The molecule has 1 fully saturated rings. The Kier molecular flexibility index (Phi) is 5.92. The molecule has 1 aliphatic carbocycles. The predicted molar refractivity (Wildman–Crippen MR) is 114 cm³/mol. The van der Waals surface area contributed by atoms with E-state index in [1.54, 1.807) is 0 Å². The molecule has 3 heteroatoms. The van der Waals surface area contributed by atoms with E-state index in [1.807, 2.05) is 0 Å². The van der Waals surface area contributed by atoms with E-state index in [-0.39, 0.29) is 5.92 Å². The molecule has 0 amide bonds. The van der Waals surface area contributed by atoms with Crippen molar-refractivity contribution in [2.45, 2.75) is 38.5 Å². The number of fused-ring (bicyclic) bond motifs is 2. The normalized spacial score (nSPS) is 21.6. The summed E-state index contributed by atoms with van der Waals surface area (Å²) in [6.45, 7) is 2.71. The van der Waals surface area contributed by atoms with Gasteiger partial charge in [0.05, 0.1) is 5.92 Å². The summed E-state index contributed by atoms with van der Waals surface area (Å²) in [7, 11) is 0. The first kappa shape index (κ1) is 18.9. The van der Waals surface area contributed by atoms with Crippen LogP contribution in [0.1, 0.15) is 47.9 Å². The van der Waals surface area contributed by atoms with Gasteiger partial charge in [-0.3, -0.25) is 4.79 Å². The Hall–Kier alpha value is -2.39. The number of carboxylic acids is 1. The van der Waals surface area contributed by atoms with Crippen LogP contribution in [0.25, 0.3) is 11.6 Å². The lowest BCUT2D eigenvalue weighted by Gasteiger charge is -2.30. The van der Waals surface area contributed by atoms with Crippen LogP contribution < -0.4 is 0 Å². The minimum absolute atomic E-state index is 0.193. The quantitative estimate of drug-likeness (QED) is 0.808. The molecule has 2 aromatic carbocycles. The maximum absolute atomic E-state index is 11.3. The van der Waals surface area contributed by atoms with Gasteiger partial charge in [-0.1, -0.05) is 54.6 Å². The summed E-state index contributed by atoms with van der Waals surface area (Å²) >= 11 is 0. The first-order valence-corrected chi connectivity index (χ1v) is 10.5. The lowest BCUT2D eigenvalue weighted by atomic mass is 9.87. The van der Waals surface area contributed by atoms with Gasteiger partial charge in [-0.2, -0.15) is 0 Å². The highest BCUT2D eigenvalue weighted by Gasteiger charge is 2.25. The number of aryl methyl sites for hydroxylation is 2. The Morgan fingerprint density at radius 2 is 1.79 bits per heavy atom. The number of hydrogen-bond acceptors (Lipinski definition) is 2. The highest BCUT2D eigenvalue weighted by Crippen LogP contribution is 2.31. The maximum Gasteiger partial charge on any atom is 0.307 e. The monoisotopic (exact) mass is 375 g/mol. The number of hydrogen-bond donors (Lipinski definition) is 1. The largest absolute Gasteiger partial charge is 0.481 e. The molecule has 1 N–H and O–H groups in total. The first-order chi connectivity index (χ1) is 13.7. The summed E-state index contributed by atoms with van der Waals surface area (Å²) in [5.41, 5.74) is 7.01. The summed E-state index contributed by atoms with van der Waals surface area (Å²) in [4.78, 5) is 13.6. The second-order valence-electron chi connectivity index (χ2n) is 8.11. The van der Waals surface area contributed by atoms with E-state index in [1.165, 1.54) is 27.8 Å². The van der Waals surface area contributed by atoms with E-state index in [9.17, 15) is 9.90 Å². The average molecular weight is 376 g/mol. The van der Waals surface area contributed by atoms with Crippen LogP contribution in [-0.4, -0.2) is 35.6 Å². The van der Waals surface area contributed by atoms with Gasteiger partial charge in [0.2, 0.25) is 0 Å². The van der Waals surface area contributed by atoms with Crippen LogP contribution in [0, 0.1) is 5.92 Å². The van der Waals surface area contributed by atoms with Gasteiger partial charge in [0.25, 0.3) is 0 Å². The SMILES string of the molecule is O=C(O)[C@@H]1CCCN(CCC/C2=C/c3ccccc3CCc3ccccc32)C1. The van der Waals surface area contributed by atoms with Crippen molar-refractivity contribution in [3.63, 3.8) is 0 Å². The molecule has 2 aliphatic rings. The van der Waals surface area contributed by atoms with Gasteiger partial charge in [0.1, 0.15) is 0 Å². The van der Waals surface area contributed by atoms with Crippen molar-refractivity contribution >= 4 is 17.6 Å². The summed E-state index contributed by atoms with van der Waals surface area (Å²) in [5.74, 6) is -0.833. The molecule has 0 aromatic heterocycles. The van der Waals surface area contributed by atoms with Crippen LogP contribution >= 0.6 is 0 Å². The summed E-state index contributed by atoms with van der Waals surface area (Å²) in [6, 6.07) is 17.5. The van der Waals surface area contributed by atoms with Crippen LogP contribution in [0.15, 0.2) is 48.5 Å². The van der Waals surface area contributed by atoms with E-state index < -0.39 is 5.97 Å². The van der Waals surface area contributed by atoms with Crippen molar-refractivity contribution in [1.29, 1.82) is 0 Å². The van der Waals surface area contributed by atoms with E-state index in [0.29, 0.717) is 6.54 Å². The number of benzene rings is 2. The minimum atomic E-state index is -0.641. The lowest BCUT2D eigenvalue weighted by molar-refractivity contribution is -0.143. The van der Waals surface area contributed by atoms with Crippen LogP contribution in [0.3, 0.4) is 0 Å². The number of aliphatic carboxylic acids is 1. The molecule has 1 aliphatic heterocycles. The molecule has 1 saturated heterocycles. The smallest absolute Gasteiger partial charge is 0.307 e. The van der Waals surface area contributed by atoms with E-state index in [4.69, 9.17) is 0 Å². The van der Waals surface area contributed by atoms with Crippen molar-refractivity contribution in [3.8, 4) is 0 Å². The maximum atomic E-state index is 11.3. The van der Waals surface area contributed by atoms with Gasteiger partial charge in [-0.05, 0) is 79.4 Å². The number of nitrogens with zero attached hydrogens (tertiary/aromatic N) is 1. The molecule has 0 bridgehead atoms. The number of carboxylic acid groups (broad SMARTS) is 1. The molecule has 2 aromatic rings. The zero-order valence-electron chi connectivity index (χ0n) is 16.4.